The third-order valence-corrected chi connectivity index (χ3v) is 2.97. The molecule has 1 aliphatic carbocycles. The summed E-state index contributed by atoms with van der Waals surface area (Å²) in [7, 11) is 0. The van der Waals surface area contributed by atoms with Crippen molar-refractivity contribution in [2.45, 2.75) is 18.8 Å². The summed E-state index contributed by atoms with van der Waals surface area (Å²) < 4.78 is 0. The molecule has 1 nitrogen and oxygen atoms in total. The van der Waals surface area contributed by atoms with Gasteiger partial charge in [-0.15, -0.1) is 0 Å². The van der Waals surface area contributed by atoms with Crippen LogP contribution in [-0.4, -0.2) is 4.98 Å². The molecule has 0 saturated heterocycles. The van der Waals surface area contributed by atoms with E-state index in [2.05, 4.69) is 23.2 Å². The highest BCUT2D eigenvalue weighted by atomic mass is 35.5. The van der Waals surface area contributed by atoms with Crippen molar-refractivity contribution in [1.29, 1.82) is 0 Å². The molecule has 1 aromatic carbocycles. The van der Waals surface area contributed by atoms with Gasteiger partial charge in [-0.3, -0.25) is 0 Å². The monoisotopic (exact) mass is 203 g/mol. The van der Waals surface area contributed by atoms with Crippen LogP contribution in [0.15, 0.2) is 30.5 Å². The lowest BCUT2D eigenvalue weighted by molar-refractivity contribution is 1.14. The standard InChI is InChI=1S/C12H10ClN/c13-12-6-11-5-9(8-1-2-8)3-4-10(11)7-14-12/h3-8H,1-2H2. The normalized spacial score (nSPS) is 16.1. The first kappa shape index (κ1) is 8.25. The molecular weight excluding hydrogens is 194 g/mol. The molecule has 0 bridgehead atoms. The zero-order valence-corrected chi connectivity index (χ0v) is 8.46. The van der Waals surface area contributed by atoms with Gasteiger partial charge in [0.05, 0.1) is 0 Å². The fraction of sp³-hybridized carbons (Fsp3) is 0.250. The highest BCUT2D eigenvalue weighted by molar-refractivity contribution is 6.30. The zero-order chi connectivity index (χ0) is 9.54. The van der Waals surface area contributed by atoms with Gasteiger partial charge in [-0.2, -0.15) is 0 Å². The molecule has 0 radical (unpaired) electrons. The van der Waals surface area contributed by atoms with Gasteiger partial charge in [0.2, 0.25) is 0 Å². The first-order chi connectivity index (χ1) is 6.83. The van der Waals surface area contributed by atoms with Crippen LogP contribution in [0.1, 0.15) is 24.3 Å². The van der Waals surface area contributed by atoms with Gasteiger partial charge in [-0.25, -0.2) is 4.98 Å². The van der Waals surface area contributed by atoms with Crippen LogP contribution in [0.25, 0.3) is 10.8 Å². The Labute approximate surface area is 87.7 Å². The maximum Gasteiger partial charge on any atom is 0.129 e. The van der Waals surface area contributed by atoms with Gasteiger partial charge >= 0.3 is 0 Å². The molecule has 0 unspecified atom stereocenters. The van der Waals surface area contributed by atoms with E-state index in [1.807, 2.05) is 12.3 Å². The number of halogens is 1. The van der Waals surface area contributed by atoms with E-state index in [1.165, 1.54) is 29.2 Å². The molecule has 0 aliphatic heterocycles. The van der Waals surface area contributed by atoms with Gasteiger partial charge in [-0.05, 0) is 35.8 Å². The summed E-state index contributed by atoms with van der Waals surface area (Å²) in [6, 6.07) is 8.51. The van der Waals surface area contributed by atoms with Crippen LogP contribution in [0.4, 0.5) is 0 Å². The Morgan fingerprint density at radius 3 is 2.79 bits per heavy atom. The van der Waals surface area contributed by atoms with Gasteiger partial charge in [0.15, 0.2) is 0 Å². The summed E-state index contributed by atoms with van der Waals surface area (Å²) in [5.41, 5.74) is 1.44. The second kappa shape index (κ2) is 2.96. The molecular formula is C12H10ClN. The fourth-order valence-electron chi connectivity index (χ4n) is 1.80. The van der Waals surface area contributed by atoms with Crippen molar-refractivity contribution < 1.29 is 0 Å². The number of fused-ring (bicyclic) bond motifs is 1. The number of nitrogens with zero attached hydrogens (tertiary/aromatic N) is 1. The minimum atomic E-state index is 0.574. The average molecular weight is 204 g/mol. The Bertz CT molecular complexity index is 489. The van der Waals surface area contributed by atoms with E-state index in [1.54, 1.807) is 0 Å². The molecule has 70 valence electrons. The number of pyridine rings is 1. The highest BCUT2D eigenvalue weighted by Gasteiger charge is 2.23. The maximum atomic E-state index is 5.86. The molecule has 1 heterocycles. The van der Waals surface area contributed by atoms with Gasteiger partial charge in [0.25, 0.3) is 0 Å². The van der Waals surface area contributed by atoms with Crippen LogP contribution in [0, 0.1) is 0 Å². The van der Waals surface area contributed by atoms with Crippen molar-refractivity contribution in [2.75, 3.05) is 0 Å². The predicted molar refractivity (Wildman–Crippen MR) is 58.7 cm³/mol. The third-order valence-electron chi connectivity index (χ3n) is 2.76. The van der Waals surface area contributed by atoms with Gasteiger partial charge < -0.3 is 0 Å². The van der Waals surface area contributed by atoms with E-state index in [0.29, 0.717) is 5.15 Å². The molecule has 2 heteroatoms. The SMILES string of the molecule is Clc1cc2cc(C3CC3)ccc2cn1. The van der Waals surface area contributed by atoms with Crippen molar-refractivity contribution in [3.63, 3.8) is 0 Å². The van der Waals surface area contributed by atoms with Crippen LogP contribution >= 0.6 is 11.6 Å². The summed E-state index contributed by atoms with van der Waals surface area (Å²) in [5, 5.41) is 2.94. The Hall–Kier alpha value is -1.08. The largest absolute Gasteiger partial charge is 0.244 e. The lowest BCUT2D eigenvalue weighted by Crippen LogP contribution is -1.81. The maximum absolute atomic E-state index is 5.86. The second-order valence-electron chi connectivity index (χ2n) is 3.89. The molecule has 0 N–H and O–H groups in total. The van der Waals surface area contributed by atoms with E-state index in [9.17, 15) is 0 Å². The summed E-state index contributed by atoms with van der Waals surface area (Å²) in [6.07, 6.45) is 4.50. The van der Waals surface area contributed by atoms with Crippen molar-refractivity contribution in [3.8, 4) is 0 Å². The average Bonchev–Trinajstić information content (AvgIpc) is 3.00. The van der Waals surface area contributed by atoms with Crippen LogP contribution in [0.2, 0.25) is 5.15 Å². The van der Waals surface area contributed by atoms with Gasteiger partial charge in [-0.1, -0.05) is 29.8 Å². The number of rotatable bonds is 1. The molecule has 2 aromatic rings. The van der Waals surface area contributed by atoms with Gasteiger partial charge in [0.1, 0.15) is 5.15 Å². The summed E-state index contributed by atoms with van der Waals surface area (Å²) in [5.74, 6) is 0.798. The van der Waals surface area contributed by atoms with Crippen molar-refractivity contribution >= 4 is 22.4 Å². The molecule has 14 heavy (non-hydrogen) atoms. The van der Waals surface area contributed by atoms with Crippen molar-refractivity contribution in [3.05, 3.63) is 41.2 Å². The molecule has 1 saturated carbocycles. The van der Waals surface area contributed by atoms with E-state index >= 15 is 0 Å². The lowest BCUT2D eigenvalue weighted by atomic mass is 10.1. The van der Waals surface area contributed by atoms with Crippen LogP contribution in [-0.2, 0) is 0 Å². The van der Waals surface area contributed by atoms with Crippen molar-refractivity contribution in [2.24, 2.45) is 0 Å². The van der Waals surface area contributed by atoms with Crippen LogP contribution < -0.4 is 0 Å². The number of hydrogen-bond acceptors (Lipinski definition) is 1. The minimum absolute atomic E-state index is 0.574. The highest BCUT2D eigenvalue weighted by Crippen LogP contribution is 2.40. The Kier molecular flexibility index (Phi) is 1.74. The Balaban J connectivity index is 2.20. The number of aromatic nitrogens is 1. The van der Waals surface area contributed by atoms with E-state index in [4.69, 9.17) is 11.6 Å². The number of hydrogen-bond donors (Lipinski definition) is 0. The molecule has 3 rings (SSSR count). The van der Waals surface area contributed by atoms with Crippen LogP contribution in [0.5, 0.6) is 0 Å². The Morgan fingerprint density at radius 1 is 1.14 bits per heavy atom. The molecule has 0 spiro atoms. The summed E-state index contributed by atoms with van der Waals surface area (Å²) in [6.45, 7) is 0. The fourth-order valence-corrected chi connectivity index (χ4v) is 1.97. The quantitative estimate of drug-likeness (QED) is 0.643. The smallest absolute Gasteiger partial charge is 0.129 e. The first-order valence-corrected chi connectivity index (χ1v) is 5.26. The Morgan fingerprint density at radius 2 is 2.00 bits per heavy atom. The molecule has 1 aromatic heterocycles. The van der Waals surface area contributed by atoms with E-state index in [-0.39, 0.29) is 0 Å². The number of benzene rings is 1. The first-order valence-electron chi connectivity index (χ1n) is 4.88. The van der Waals surface area contributed by atoms with Crippen molar-refractivity contribution in [1.82, 2.24) is 4.98 Å². The minimum Gasteiger partial charge on any atom is -0.244 e. The van der Waals surface area contributed by atoms with E-state index < -0.39 is 0 Å². The third kappa shape index (κ3) is 1.38. The molecule has 0 atom stereocenters. The zero-order valence-electron chi connectivity index (χ0n) is 7.70. The van der Waals surface area contributed by atoms with Gasteiger partial charge in [0, 0.05) is 11.6 Å². The topological polar surface area (TPSA) is 12.9 Å². The van der Waals surface area contributed by atoms with Crippen LogP contribution in [0.3, 0.4) is 0 Å². The predicted octanol–water partition coefficient (Wildman–Crippen LogP) is 3.77. The molecule has 1 aliphatic rings. The van der Waals surface area contributed by atoms with E-state index in [0.717, 1.165) is 5.92 Å². The summed E-state index contributed by atoms with van der Waals surface area (Å²) >= 11 is 5.86. The summed E-state index contributed by atoms with van der Waals surface area (Å²) in [4.78, 5) is 4.06. The molecule has 0 amide bonds. The second-order valence-corrected chi connectivity index (χ2v) is 4.28. The lowest BCUT2D eigenvalue weighted by Gasteiger charge is -2.01. The molecule has 1 fully saturated rings.